The molecule has 1 saturated carbocycles. The number of alkyl halides is 2. The summed E-state index contributed by atoms with van der Waals surface area (Å²) >= 11 is 0. The highest BCUT2D eigenvalue weighted by molar-refractivity contribution is 5.96. The van der Waals surface area contributed by atoms with Crippen molar-refractivity contribution in [2.45, 2.75) is 32.6 Å². The third kappa shape index (κ3) is 3.71. The number of carbonyl (C=O) groups is 2. The maximum atomic E-state index is 13.1. The van der Waals surface area contributed by atoms with Gasteiger partial charge in [0.2, 0.25) is 5.91 Å². The van der Waals surface area contributed by atoms with Gasteiger partial charge in [0.05, 0.1) is 5.52 Å². The van der Waals surface area contributed by atoms with E-state index in [4.69, 9.17) is 0 Å². The van der Waals surface area contributed by atoms with Gasteiger partial charge in [0.1, 0.15) is 17.4 Å². The molecule has 3 aromatic rings. The highest BCUT2D eigenvalue weighted by Gasteiger charge is 2.61. The Bertz CT molecular complexity index is 1300. The predicted octanol–water partition coefficient (Wildman–Crippen LogP) is 3.49. The molecule has 0 radical (unpaired) electrons. The van der Waals surface area contributed by atoms with E-state index in [2.05, 4.69) is 15.3 Å². The van der Waals surface area contributed by atoms with E-state index in [-0.39, 0.29) is 17.2 Å². The highest BCUT2D eigenvalue weighted by atomic mass is 19.3. The number of hydrogen-bond acceptors (Lipinski definition) is 5. The molecule has 1 aliphatic carbocycles. The van der Waals surface area contributed by atoms with E-state index in [1.165, 1.54) is 23.0 Å². The number of amides is 1. The smallest absolute Gasteiger partial charge is 0.260 e. The minimum Gasteiger partial charge on any atom is -0.311 e. The first-order valence-corrected chi connectivity index (χ1v) is 9.81. The minimum atomic E-state index is -2.97. The lowest BCUT2D eigenvalue weighted by molar-refractivity contribution is -0.119. The largest absolute Gasteiger partial charge is 0.311 e. The van der Waals surface area contributed by atoms with E-state index >= 15 is 0 Å². The number of pyridine rings is 3. The lowest BCUT2D eigenvalue weighted by Crippen LogP contribution is -2.21. The predicted molar refractivity (Wildman–Crippen MR) is 111 cm³/mol. The Kier molecular flexibility index (Phi) is 4.91. The van der Waals surface area contributed by atoms with E-state index in [1.807, 2.05) is 0 Å². The van der Waals surface area contributed by atoms with E-state index in [1.54, 1.807) is 33.0 Å². The first kappa shape index (κ1) is 20.8. The molecule has 1 aliphatic rings. The molecular weight excluding hydrogens is 406 g/mol. The van der Waals surface area contributed by atoms with Crippen LogP contribution in [0.4, 0.5) is 14.6 Å². The monoisotopic (exact) mass is 426 g/mol. The molecule has 0 unspecified atom stereocenters. The number of ketones is 1. The molecule has 1 atom stereocenters. The van der Waals surface area contributed by atoms with Crippen LogP contribution in [0.3, 0.4) is 0 Å². The van der Waals surface area contributed by atoms with Crippen molar-refractivity contribution in [3.05, 3.63) is 52.2 Å². The van der Waals surface area contributed by atoms with Gasteiger partial charge in [-0.05, 0) is 24.6 Å². The number of Topliss-reactive ketones (excluding diaryl/α,β-unsaturated/α-hetero) is 1. The zero-order valence-corrected chi connectivity index (χ0v) is 17.2. The van der Waals surface area contributed by atoms with Crippen molar-refractivity contribution in [3.8, 4) is 11.1 Å². The fraction of sp³-hybridized carbons (Fsp3) is 0.318. The molecule has 1 amide bonds. The Hall–Kier alpha value is -3.49. The van der Waals surface area contributed by atoms with Crippen LogP contribution in [0.1, 0.15) is 35.8 Å². The Labute approximate surface area is 176 Å². The summed E-state index contributed by atoms with van der Waals surface area (Å²) in [7, 11) is 1.58. The molecule has 3 aromatic heterocycles. The number of aryl methyl sites for hydroxylation is 2. The van der Waals surface area contributed by atoms with Crippen molar-refractivity contribution in [3.63, 3.8) is 0 Å². The van der Waals surface area contributed by atoms with Crippen molar-refractivity contribution >= 4 is 28.4 Å². The van der Waals surface area contributed by atoms with Crippen LogP contribution in [0.15, 0.2) is 35.4 Å². The lowest BCUT2D eigenvalue weighted by Gasteiger charge is -2.12. The third-order valence-corrected chi connectivity index (χ3v) is 5.51. The molecule has 1 fully saturated rings. The van der Waals surface area contributed by atoms with Gasteiger partial charge in [-0.1, -0.05) is 6.92 Å². The van der Waals surface area contributed by atoms with Crippen LogP contribution >= 0.6 is 0 Å². The summed E-state index contributed by atoms with van der Waals surface area (Å²) in [5.74, 6) is -5.07. The van der Waals surface area contributed by atoms with Crippen molar-refractivity contribution in [2.75, 3.05) is 5.32 Å². The van der Waals surface area contributed by atoms with E-state index in [0.29, 0.717) is 34.1 Å². The number of fused-ring (bicyclic) bond motifs is 1. The number of halogens is 2. The second-order valence-corrected chi connectivity index (χ2v) is 7.72. The molecule has 0 aromatic carbocycles. The first-order valence-electron chi connectivity index (χ1n) is 9.81. The van der Waals surface area contributed by atoms with Crippen LogP contribution in [-0.4, -0.2) is 32.1 Å². The summed E-state index contributed by atoms with van der Waals surface area (Å²) in [4.78, 5) is 45.1. The van der Waals surface area contributed by atoms with Crippen molar-refractivity contribution < 1.29 is 18.4 Å². The average molecular weight is 426 g/mol. The van der Waals surface area contributed by atoms with Crippen LogP contribution in [0.25, 0.3) is 22.0 Å². The van der Waals surface area contributed by atoms with Gasteiger partial charge in [0.15, 0.2) is 5.78 Å². The summed E-state index contributed by atoms with van der Waals surface area (Å²) < 4.78 is 27.6. The van der Waals surface area contributed by atoms with Crippen molar-refractivity contribution in [1.82, 2.24) is 14.5 Å². The van der Waals surface area contributed by atoms with Gasteiger partial charge in [-0.3, -0.25) is 19.4 Å². The fourth-order valence-electron chi connectivity index (χ4n) is 3.51. The van der Waals surface area contributed by atoms with Crippen LogP contribution in [-0.2, 0) is 11.8 Å². The molecule has 0 saturated heterocycles. The van der Waals surface area contributed by atoms with E-state index < -0.39 is 24.2 Å². The Morgan fingerprint density at radius 1 is 1.19 bits per heavy atom. The van der Waals surface area contributed by atoms with Gasteiger partial charge < -0.3 is 9.88 Å². The Morgan fingerprint density at radius 2 is 1.90 bits per heavy atom. The van der Waals surface area contributed by atoms with Gasteiger partial charge in [-0.25, -0.2) is 13.8 Å². The summed E-state index contributed by atoms with van der Waals surface area (Å²) in [6, 6.07) is 4.80. The summed E-state index contributed by atoms with van der Waals surface area (Å²) in [6.45, 7) is 3.56. The zero-order chi connectivity index (χ0) is 22.5. The number of nitrogens with one attached hydrogen (secondary N) is 1. The SMILES string of the molecule is CCC(=O)c1cc(C)c(-c2cc3cnc(NC(=O)[C@H]4CC4(F)F)cc3n(C)c2=O)cn1. The van der Waals surface area contributed by atoms with Gasteiger partial charge in [0, 0.05) is 54.9 Å². The molecule has 0 aliphatic heterocycles. The fourth-order valence-corrected chi connectivity index (χ4v) is 3.51. The topological polar surface area (TPSA) is 94.0 Å². The number of nitrogens with zero attached hydrogens (tertiary/aromatic N) is 3. The first-order chi connectivity index (χ1) is 14.6. The van der Waals surface area contributed by atoms with Gasteiger partial charge in [-0.15, -0.1) is 0 Å². The third-order valence-electron chi connectivity index (χ3n) is 5.51. The second kappa shape index (κ2) is 7.33. The zero-order valence-electron chi connectivity index (χ0n) is 17.2. The van der Waals surface area contributed by atoms with Crippen LogP contribution in [0, 0.1) is 12.8 Å². The number of anilines is 1. The molecule has 1 N–H and O–H groups in total. The molecule has 0 spiro atoms. The second-order valence-electron chi connectivity index (χ2n) is 7.72. The Morgan fingerprint density at radius 3 is 2.52 bits per heavy atom. The average Bonchev–Trinajstić information content (AvgIpc) is 3.39. The number of carbonyl (C=O) groups excluding carboxylic acids is 2. The molecular formula is C22H20F2N4O3. The highest BCUT2D eigenvalue weighted by Crippen LogP contribution is 2.49. The number of hydrogen-bond donors (Lipinski definition) is 1. The summed E-state index contributed by atoms with van der Waals surface area (Å²) in [5, 5.41) is 3.01. The number of rotatable bonds is 5. The van der Waals surface area contributed by atoms with Crippen LogP contribution in [0.5, 0.6) is 0 Å². The molecule has 160 valence electrons. The molecule has 7 nitrogen and oxygen atoms in total. The lowest BCUT2D eigenvalue weighted by atomic mass is 10.0. The van der Waals surface area contributed by atoms with Gasteiger partial charge in [-0.2, -0.15) is 0 Å². The van der Waals surface area contributed by atoms with E-state index in [9.17, 15) is 23.2 Å². The minimum absolute atomic E-state index is 0.0798. The quantitative estimate of drug-likeness (QED) is 0.631. The van der Waals surface area contributed by atoms with Crippen molar-refractivity contribution in [2.24, 2.45) is 13.0 Å². The van der Waals surface area contributed by atoms with Crippen LogP contribution in [0.2, 0.25) is 0 Å². The summed E-state index contributed by atoms with van der Waals surface area (Å²) in [6.07, 6.45) is 2.85. The molecule has 4 rings (SSSR count). The standard InChI is InChI=1S/C22H20F2N4O3/c1-4-18(29)16-5-11(2)14(10-25-16)13-6-12-9-26-19(7-17(12)28(3)21(13)31)27-20(30)15-8-22(15,23)24/h5-7,9-10,15H,4,8H2,1-3H3,(H,26,27,30)/t15-/m1/s1. The van der Waals surface area contributed by atoms with Gasteiger partial charge >= 0.3 is 0 Å². The number of aromatic nitrogens is 3. The maximum absolute atomic E-state index is 13.1. The molecule has 9 heteroatoms. The van der Waals surface area contributed by atoms with Gasteiger partial charge in [0.25, 0.3) is 11.5 Å². The normalized spacial score (nSPS) is 16.9. The maximum Gasteiger partial charge on any atom is 0.260 e. The van der Waals surface area contributed by atoms with Crippen molar-refractivity contribution in [1.29, 1.82) is 0 Å². The molecule has 31 heavy (non-hydrogen) atoms. The molecule has 3 heterocycles. The molecule has 0 bridgehead atoms. The van der Waals surface area contributed by atoms with Crippen LogP contribution < -0.4 is 10.9 Å². The summed E-state index contributed by atoms with van der Waals surface area (Å²) in [5.41, 5.74) is 2.28. The Balaban J connectivity index is 1.71. The van der Waals surface area contributed by atoms with E-state index in [0.717, 1.165) is 5.56 Å².